The third-order valence-electron chi connectivity index (χ3n) is 2.69. The molecule has 1 aromatic rings. The third-order valence-corrected chi connectivity index (χ3v) is 2.69. The van der Waals surface area contributed by atoms with Gasteiger partial charge in [0.2, 0.25) is 5.75 Å². The lowest BCUT2D eigenvalue weighted by atomic mass is 10.0. The van der Waals surface area contributed by atoms with E-state index in [4.69, 9.17) is 10.5 Å². The van der Waals surface area contributed by atoms with Gasteiger partial charge in [0.1, 0.15) is 5.60 Å². The molecule has 0 aliphatic carbocycles. The largest absolute Gasteiger partial charge is 0.504 e. The van der Waals surface area contributed by atoms with E-state index < -0.39 is 35.0 Å². The van der Waals surface area contributed by atoms with Crippen molar-refractivity contribution in [2.45, 2.75) is 38.8 Å². The molecule has 6 N–H and O–H groups in total. The Morgan fingerprint density at radius 1 is 1.29 bits per heavy atom. The maximum Gasteiger partial charge on any atom is 0.407 e. The quantitative estimate of drug-likeness (QED) is 0.532. The van der Waals surface area contributed by atoms with Crippen LogP contribution in [0.2, 0.25) is 0 Å². The first-order chi connectivity index (χ1) is 9.64. The first-order valence-electron chi connectivity index (χ1n) is 6.56. The number of aromatic hydroxyl groups is 3. The predicted molar refractivity (Wildman–Crippen MR) is 77.4 cm³/mol. The van der Waals surface area contributed by atoms with Crippen molar-refractivity contribution in [1.82, 2.24) is 5.32 Å². The van der Waals surface area contributed by atoms with Crippen LogP contribution in [0.1, 0.15) is 26.3 Å². The lowest BCUT2D eigenvalue weighted by Gasteiger charge is -2.23. The molecule has 1 amide bonds. The van der Waals surface area contributed by atoms with E-state index in [0.29, 0.717) is 5.56 Å². The summed E-state index contributed by atoms with van der Waals surface area (Å²) in [5, 5.41) is 31.1. The molecule has 0 saturated carbocycles. The van der Waals surface area contributed by atoms with Crippen molar-refractivity contribution in [3.8, 4) is 17.2 Å². The number of carbonyl (C=O) groups excluding carboxylic acids is 1. The summed E-state index contributed by atoms with van der Waals surface area (Å²) in [6.07, 6.45) is -0.421. The molecule has 0 radical (unpaired) electrons. The SMILES string of the molecule is CC(C)(C)OC(=O)NC(CN)Cc1ccc(O)c(O)c1O. The molecule has 118 valence electrons. The number of rotatable bonds is 4. The highest BCUT2D eigenvalue weighted by Gasteiger charge is 2.20. The van der Waals surface area contributed by atoms with Gasteiger partial charge in [-0.15, -0.1) is 0 Å². The average Bonchev–Trinajstić information content (AvgIpc) is 2.36. The zero-order valence-corrected chi connectivity index (χ0v) is 12.4. The van der Waals surface area contributed by atoms with Crippen molar-refractivity contribution in [3.63, 3.8) is 0 Å². The van der Waals surface area contributed by atoms with Crippen molar-refractivity contribution in [2.24, 2.45) is 5.73 Å². The maximum absolute atomic E-state index is 11.7. The topological polar surface area (TPSA) is 125 Å². The molecule has 1 unspecified atom stereocenters. The number of nitrogens with two attached hydrogens (primary N) is 1. The van der Waals surface area contributed by atoms with Gasteiger partial charge in [0, 0.05) is 18.2 Å². The van der Waals surface area contributed by atoms with Crippen molar-refractivity contribution in [3.05, 3.63) is 17.7 Å². The highest BCUT2D eigenvalue weighted by atomic mass is 16.6. The molecule has 1 rings (SSSR count). The van der Waals surface area contributed by atoms with Gasteiger partial charge in [0.25, 0.3) is 0 Å². The standard InChI is InChI=1S/C14H22N2O5/c1-14(2,3)21-13(20)16-9(7-15)6-8-4-5-10(17)12(19)11(8)18/h4-5,9,17-19H,6-7,15H2,1-3H3,(H,16,20). The first-order valence-corrected chi connectivity index (χ1v) is 6.56. The fourth-order valence-corrected chi connectivity index (χ4v) is 1.71. The van der Waals surface area contributed by atoms with E-state index in [0.717, 1.165) is 0 Å². The fraction of sp³-hybridized carbons (Fsp3) is 0.500. The minimum atomic E-state index is -0.623. The van der Waals surface area contributed by atoms with Crippen LogP contribution in [-0.2, 0) is 11.2 Å². The van der Waals surface area contributed by atoms with Gasteiger partial charge in [-0.25, -0.2) is 4.79 Å². The Morgan fingerprint density at radius 2 is 1.90 bits per heavy atom. The van der Waals surface area contributed by atoms with Gasteiger partial charge in [0.15, 0.2) is 11.5 Å². The molecule has 0 aromatic heterocycles. The molecule has 7 heteroatoms. The van der Waals surface area contributed by atoms with Gasteiger partial charge < -0.3 is 31.1 Å². The Morgan fingerprint density at radius 3 is 2.43 bits per heavy atom. The number of hydrogen-bond donors (Lipinski definition) is 5. The molecule has 1 atom stereocenters. The van der Waals surface area contributed by atoms with Crippen LogP contribution < -0.4 is 11.1 Å². The number of amides is 1. The summed E-state index contributed by atoms with van der Waals surface area (Å²) < 4.78 is 5.12. The molecule has 0 bridgehead atoms. The van der Waals surface area contributed by atoms with E-state index in [2.05, 4.69) is 5.32 Å². The van der Waals surface area contributed by atoms with Gasteiger partial charge in [-0.3, -0.25) is 0 Å². The molecule has 0 saturated heterocycles. The Kier molecular flexibility index (Phi) is 5.26. The summed E-state index contributed by atoms with van der Waals surface area (Å²) in [7, 11) is 0. The van der Waals surface area contributed by atoms with Crippen LogP contribution in [-0.4, -0.2) is 39.6 Å². The average molecular weight is 298 g/mol. The minimum Gasteiger partial charge on any atom is -0.504 e. The molecule has 0 spiro atoms. The molecular formula is C14H22N2O5. The van der Waals surface area contributed by atoms with Gasteiger partial charge in [-0.1, -0.05) is 6.07 Å². The fourth-order valence-electron chi connectivity index (χ4n) is 1.71. The molecule has 1 aromatic carbocycles. The van der Waals surface area contributed by atoms with E-state index in [1.165, 1.54) is 12.1 Å². The second-order valence-corrected chi connectivity index (χ2v) is 5.72. The van der Waals surface area contributed by atoms with Gasteiger partial charge in [-0.2, -0.15) is 0 Å². The van der Waals surface area contributed by atoms with E-state index in [-0.39, 0.29) is 13.0 Å². The van der Waals surface area contributed by atoms with Gasteiger partial charge in [-0.05, 0) is 33.3 Å². The Labute approximate surface area is 123 Å². The predicted octanol–water partition coefficient (Wildman–Crippen LogP) is 1.20. The smallest absolute Gasteiger partial charge is 0.407 e. The number of phenols is 3. The van der Waals surface area contributed by atoms with E-state index in [1.807, 2.05) is 0 Å². The number of phenolic OH excluding ortho intramolecular Hbond substituents is 3. The summed E-state index contributed by atoms with van der Waals surface area (Å²) in [6, 6.07) is 2.23. The Balaban J connectivity index is 2.75. The van der Waals surface area contributed by atoms with Crippen LogP contribution in [0.15, 0.2) is 12.1 Å². The second kappa shape index (κ2) is 6.53. The monoisotopic (exact) mass is 298 g/mol. The van der Waals surface area contributed by atoms with Crippen LogP contribution in [0.5, 0.6) is 17.2 Å². The van der Waals surface area contributed by atoms with Crippen molar-refractivity contribution in [1.29, 1.82) is 0 Å². The zero-order valence-electron chi connectivity index (χ0n) is 12.4. The summed E-state index contributed by atoms with van der Waals surface area (Å²) in [5.74, 6) is -1.44. The minimum absolute atomic E-state index is 0.125. The molecule has 7 nitrogen and oxygen atoms in total. The number of benzene rings is 1. The van der Waals surface area contributed by atoms with Crippen molar-refractivity contribution in [2.75, 3.05) is 6.54 Å². The highest BCUT2D eigenvalue weighted by Crippen LogP contribution is 2.37. The molecule has 0 fully saturated rings. The van der Waals surface area contributed by atoms with Gasteiger partial charge >= 0.3 is 6.09 Å². The van der Waals surface area contributed by atoms with E-state index in [9.17, 15) is 20.1 Å². The van der Waals surface area contributed by atoms with Crippen molar-refractivity contribution >= 4 is 6.09 Å². The zero-order chi connectivity index (χ0) is 16.2. The molecule has 21 heavy (non-hydrogen) atoms. The normalized spacial score (nSPS) is 12.8. The Bertz CT molecular complexity index is 511. The highest BCUT2D eigenvalue weighted by molar-refractivity contribution is 5.68. The second-order valence-electron chi connectivity index (χ2n) is 5.72. The molecule has 0 heterocycles. The number of ether oxygens (including phenoxy) is 1. The van der Waals surface area contributed by atoms with Crippen molar-refractivity contribution < 1.29 is 24.9 Å². The molecule has 0 aliphatic rings. The first kappa shape index (κ1) is 16.9. The van der Waals surface area contributed by atoms with Crippen LogP contribution in [0.3, 0.4) is 0 Å². The van der Waals surface area contributed by atoms with E-state index in [1.54, 1.807) is 20.8 Å². The summed E-state index contributed by atoms with van der Waals surface area (Å²) in [6.45, 7) is 5.36. The van der Waals surface area contributed by atoms with E-state index >= 15 is 0 Å². The number of hydrogen-bond acceptors (Lipinski definition) is 6. The lowest BCUT2D eigenvalue weighted by molar-refractivity contribution is 0.0505. The van der Waals surface area contributed by atoms with Crippen LogP contribution in [0.4, 0.5) is 4.79 Å². The Hall–Kier alpha value is -2.15. The molecule has 0 aliphatic heterocycles. The summed E-state index contributed by atoms with van der Waals surface area (Å²) >= 11 is 0. The lowest BCUT2D eigenvalue weighted by Crippen LogP contribution is -2.44. The summed E-state index contributed by atoms with van der Waals surface area (Å²) in [4.78, 5) is 11.7. The van der Waals surface area contributed by atoms with Gasteiger partial charge in [0.05, 0.1) is 0 Å². The third kappa shape index (κ3) is 5.03. The number of alkyl carbamates (subject to hydrolysis) is 1. The number of nitrogens with one attached hydrogen (secondary N) is 1. The van der Waals surface area contributed by atoms with Crippen LogP contribution in [0, 0.1) is 0 Å². The number of carbonyl (C=O) groups is 1. The summed E-state index contributed by atoms with van der Waals surface area (Å²) in [5.41, 5.74) is 5.32. The molecular weight excluding hydrogens is 276 g/mol. The maximum atomic E-state index is 11.7. The van der Waals surface area contributed by atoms with Crippen LogP contribution in [0.25, 0.3) is 0 Å². The van der Waals surface area contributed by atoms with Crippen LogP contribution >= 0.6 is 0 Å².